The Bertz CT molecular complexity index is 844. The molecule has 1 fully saturated rings. The van der Waals surface area contributed by atoms with Gasteiger partial charge >= 0.3 is 0 Å². The molecule has 1 amide bonds. The van der Waals surface area contributed by atoms with Crippen LogP contribution in [0.2, 0.25) is 0 Å². The van der Waals surface area contributed by atoms with Gasteiger partial charge in [0.05, 0.1) is 12.1 Å². The second-order valence-electron chi connectivity index (χ2n) is 7.61. The lowest BCUT2D eigenvalue weighted by Gasteiger charge is -2.43. The summed E-state index contributed by atoms with van der Waals surface area (Å²) in [7, 11) is 0. The van der Waals surface area contributed by atoms with Gasteiger partial charge in [-0.05, 0) is 48.4 Å². The molecular weight excluding hydrogens is 308 g/mol. The zero-order valence-electron chi connectivity index (χ0n) is 14.7. The fourth-order valence-corrected chi connectivity index (χ4v) is 5.11. The summed E-state index contributed by atoms with van der Waals surface area (Å²) < 4.78 is 0. The second-order valence-corrected chi connectivity index (χ2v) is 7.61. The zero-order valence-corrected chi connectivity index (χ0v) is 14.7. The Hall–Kier alpha value is -2.29. The Morgan fingerprint density at radius 3 is 2.48 bits per heavy atom. The molecule has 0 aliphatic carbocycles. The molecule has 3 heterocycles. The topological polar surface area (TPSA) is 23.6 Å². The summed E-state index contributed by atoms with van der Waals surface area (Å²) in [6, 6.07) is 16.0. The number of nitrogens with zero attached hydrogens (tertiary/aromatic N) is 2. The van der Waals surface area contributed by atoms with Crippen LogP contribution in [0.25, 0.3) is 0 Å². The lowest BCUT2D eigenvalue weighted by Crippen LogP contribution is -2.40. The van der Waals surface area contributed by atoms with Crippen molar-refractivity contribution >= 4 is 11.6 Å². The molecule has 1 saturated heterocycles. The molecule has 3 aliphatic rings. The molecular formula is C22H24N2O. The van der Waals surface area contributed by atoms with Crippen LogP contribution in [0.3, 0.4) is 0 Å². The molecule has 3 heteroatoms. The van der Waals surface area contributed by atoms with Gasteiger partial charge in [-0.2, -0.15) is 0 Å². The van der Waals surface area contributed by atoms with Crippen molar-refractivity contribution in [3.63, 3.8) is 0 Å². The van der Waals surface area contributed by atoms with Crippen LogP contribution in [0.1, 0.15) is 53.6 Å². The number of hydrogen-bond acceptors (Lipinski definition) is 2. The standard InChI is InChI=1S/C22H24N2O/c1-15-6-2-3-8-17(15)19-14-20(23-12-5-10-21(23)25)18-9-4-7-16-11-13-24(19)22(16)18/h2-4,6-9,19-20H,5,10-14H2,1H3. The minimum atomic E-state index is 0.226. The zero-order chi connectivity index (χ0) is 17.0. The van der Waals surface area contributed by atoms with Gasteiger partial charge in [0.25, 0.3) is 0 Å². The predicted octanol–water partition coefficient (Wildman–Crippen LogP) is 4.17. The summed E-state index contributed by atoms with van der Waals surface area (Å²) in [6.07, 6.45) is 3.84. The Morgan fingerprint density at radius 2 is 1.68 bits per heavy atom. The second kappa shape index (κ2) is 5.62. The van der Waals surface area contributed by atoms with E-state index in [9.17, 15) is 4.79 Å². The first-order valence-electron chi connectivity index (χ1n) is 9.47. The largest absolute Gasteiger partial charge is 0.364 e. The highest BCUT2D eigenvalue weighted by Crippen LogP contribution is 2.51. The molecule has 2 aromatic rings. The van der Waals surface area contributed by atoms with Crippen molar-refractivity contribution in [2.75, 3.05) is 18.0 Å². The molecule has 0 aromatic heterocycles. The van der Waals surface area contributed by atoms with Gasteiger partial charge in [-0.3, -0.25) is 4.79 Å². The SMILES string of the molecule is Cc1ccccc1C1CC(N2CCCC2=O)c2cccc3c2N1CC3. The number of likely N-dealkylation sites (tertiary alicyclic amines) is 1. The summed E-state index contributed by atoms with van der Waals surface area (Å²) >= 11 is 0. The van der Waals surface area contributed by atoms with Gasteiger partial charge < -0.3 is 9.80 Å². The third-order valence-electron chi connectivity index (χ3n) is 6.28. The molecule has 3 aliphatic heterocycles. The van der Waals surface area contributed by atoms with Gasteiger partial charge in [0.15, 0.2) is 0 Å². The van der Waals surface area contributed by atoms with Crippen LogP contribution in [0.5, 0.6) is 0 Å². The Kier molecular flexibility index (Phi) is 3.37. The van der Waals surface area contributed by atoms with E-state index in [-0.39, 0.29) is 6.04 Å². The molecule has 2 atom stereocenters. The maximum atomic E-state index is 12.5. The van der Waals surface area contributed by atoms with Crippen LogP contribution < -0.4 is 4.90 Å². The molecule has 5 rings (SSSR count). The molecule has 0 saturated carbocycles. The van der Waals surface area contributed by atoms with E-state index in [1.807, 2.05) is 0 Å². The van der Waals surface area contributed by atoms with Crippen molar-refractivity contribution in [2.24, 2.45) is 0 Å². The molecule has 0 bridgehead atoms. The number of carbonyl (C=O) groups excluding carboxylic acids is 1. The monoisotopic (exact) mass is 332 g/mol. The van der Waals surface area contributed by atoms with E-state index in [2.05, 4.69) is 59.2 Å². The van der Waals surface area contributed by atoms with E-state index < -0.39 is 0 Å². The van der Waals surface area contributed by atoms with E-state index in [0.717, 1.165) is 32.4 Å². The summed E-state index contributed by atoms with van der Waals surface area (Å²) in [5, 5.41) is 0. The van der Waals surface area contributed by atoms with Crippen LogP contribution in [0.15, 0.2) is 42.5 Å². The number of carbonyl (C=O) groups is 1. The highest BCUT2D eigenvalue weighted by molar-refractivity contribution is 5.80. The van der Waals surface area contributed by atoms with Crippen molar-refractivity contribution < 1.29 is 4.79 Å². The number of rotatable bonds is 2. The first-order valence-corrected chi connectivity index (χ1v) is 9.47. The lowest BCUT2D eigenvalue weighted by atomic mass is 9.85. The molecule has 0 radical (unpaired) electrons. The Labute approximate surface area is 149 Å². The molecule has 25 heavy (non-hydrogen) atoms. The molecule has 2 unspecified atom stereocenters. The highest BCUT2D eigenvalue weighted by Gasteiger charge is 2.42. The third kappa shape index (κ3) is 2.21. The highest BCUT2D eigenvalue weighted by atomic mass is 16.2. The maximum Gasteiger partial charge on any atom is 0.223 e. The number of aryl methyl sites for hydroxylation is 1. The van der Waals surface area contributed by atoms with Crippen molar-refractivity contribution in [1.82, 2.24) is 4.90 Å². The Morgan fingerprint density at radius 1 is 0.880 bits per heavy atom. The summed E-state index contributed by atoms with van der Waals surface area (Å²) in [5.74, 6) is 0.331. The molecule has 2 aromatic carbocycles. The molecule has 0 spiro atoms. The maximum absolute atomic E-state index is 12.5. The van der Waals surface area contributed by atoms with Gasteiger partial charge in [-0.15, -0.1) is 0 Å². The van der Waals surface area contributed by atoms with E-state index in [1.165, 1.54) is 27.9 Å². The van der Waals surface area contributed by atoms with E-state index in [4.69, 9.17) is 0 Å². The first kappa shape index (κ1) is 15.0. The van der Waals surface area contributed by atoms with Crippen LogP contribution in [0, 0.1) is 6.92 Å². The van der Waals surface area contributed by atoms with Gasteiger partial charge in [0, 0.05) is 25.2 Å². The fourth-order valence-electron chi connectivity index (χ4n) is 5.11. The average molecular weight is 332 g/mol. The number of para-hydroxylation sites is 1. The van der Waals surface area contributed by atoms with E-state index in [0.29, 0.717) is 18.4 Å². The minimum Gasteiger partial charge on any atom is -0.364 e. The normalized spacial score (nSPS) is 24.8. The van der Waals surface area contributed by atoms with E-state index >= 15 is 0 Å². The quantitative estimate of drug-likeness (QED) is 0.824. The Balaban J connectivity index is 1.65. The number of amides is 1. The van der Waals surface area contributed by atoms with Gasteiger partial charge in [-0.25, -0.2) is 0 Å². The van der Waals surface area contributed by atoms with Crippen LogP contribution >= 0.6 is 0 Å². The predicted molar refractivity (Wildman–Crippen MR) is 99.7 cm³/mol. The van der Waals surface area contributed by atoms with Crippen molar-refractivity contribution in [2.45, 2.75) is 44.7 Å². The van der Waals surface area contributed by atoms with Crippen LogP contribution in [-0.2, 0) is 11.2 Å². The van der Waals surface area contributed by atoms with Crippen molar-refractivity contribution in [3.8, 4) is 0 Å². The number of benzene rings is 2. The van der Waals surface area contributed by atoms with Gasteiger partial charge in [-0.1, -0.05) is 42.5 Å². The fraction of sp³-hybridized carbons (Fsp3) is 0.409. The summed E-state index contributed by atoms with van der Waals surface area (Å²) in [4.78, 5) is 17.2. The summed E-state index contributed by atoms with van der Waals surface area (Å²) in [6.45, 7) is 4.21. The van der Waals surface area contributed by atoms with E-state index in [1.54, 1.807) is 0 Å². The number of hydrogen-bond donors (Lipinski definition) is 0. The molecule has 3 nitrogen and oxygen atoms in total. The summed E-state index contributed by atoms with van der Waals surface area (Å²) in [5.41, 5.74) is 7.00. The average Bonchev–Trinajstić information content (AvgIpc) is 3.24. The number of anilines is 1. The van der Waals surface area contributed by atoms with Crippen LogP contribution in [-0.4, -0.2) is 23.9 Å². The molecule has 128 valence electrons. The third-order valence-corrected chi connectivity index (χ3v) is 6.28. The minimum absolute atomic E-state index is 0.226. The first-order chi connectivity index (χ1) is 12.2. The lowest BCUT2D eigenvalue weighted by molar-refractivity contribution is -0.130. The van der Waals surface area contributed by atoms with Crippen molar-refractivity contribution in [1.29, 1.82) is 0 Å². The molecule has 0 N–H and O–H groups in total. The smallest absolute Gasteiger partial charge is 0.223 e. The van der Waals surface area contributed by atoms with Crippen LogP contribution in [0.4, 0.5) is 5.69 Å². The van der Waals surface area contributed by atoms with Gasteiger partial charge in [0.2, 0.25) is 5.91 Å². The van der Waals surface area contributed by atoms with Gasteiger partial charge in [0.1, 0.15) is 0 Å². The van der Waals surface area contributed by atoms with Crippen molar-refractivity contribution in [3.05, 3.63) is 64.7 Å².